The molecule has 3 rings (SSSR count). The summed E-state index contributed by atoms with van der Waals surface area (Å²) in [7, 11) is 1.51. The minimum absolute atomic E-state index is 0.0287. The number of ether oxygens (including phenoxy) is 1. The molecule has 1 unspecified atom stereocenters. The maximum absolute atomic E-state index is 13.6. The number of carbonyl (C=O) groups is 3. The molecule has 0 saturated heterocycles. The highest BCUT2D eigenvalue weighted by atomic mass is 16.5. The van der Waals surface area contributed by atoms with Crippen molar-refractivity contribution in [2.24, 2.45) is 5.92 Å². The van der Waals surface area contributed by atoms with Crippen molar-refractivity contribution in [2.75, 3.05) is 26.7 Å². The van der Waals surface area contributed by atoms with Crippen molar-refractivity contribution >= 4 is 17.7 Å². The fourth-order valence-electron chi connectivity index (χ4n) is 4.84. The van der Waals surface area contributed by atoms with E-state index in [0.29, 0.717) is 25.9 Å². The minimum Gasteiger partial charge on any atom is -0.489 e. The molecule has 5 atom stereocenters. The number of rotatable bonds is 5. The SMILES string of the molecule is CCC(C)[C@@H]1NC[C@@H](C)Oc2ccccc2CCCNC(=O)[C@@H](Cc2ccccc2)NC(=O)[C@@H](CO)N(C)C1=O. The van der Waals surface area contributed by atoms with Crippen LogP contribution < -0.4 is 20.7 Å². The Labute approximate surface area is 237 Å². The first-order valence-electron chi connectivity index (χ1n) is 14.2. The van der Waals surface area contributed by atoms with Crippen LogP contribution in [-0.4, -0.2) is 78.7 Å². The van der Waals surface area contributed by atoms with Gasteiger partial charge < -0.3 is 30.7 Å². The smallest absolute Gasteiger partial charge is 0.245 e. The molecule has 1 aliphatic rings. The number of hydrogen-bond donors (Lipinski definition) is 4. The van der Waals surface area contributed by atoms with Gasteiger partial charge in [0.2, 0.25) is 17.7 Å². The van der Waals surface area contributed by atoms with Crippen molar-refractivity contribution in [3.8, 4) is 5.75 Å². The van der Waals surface area contributed by atoms with E-state index < -0.39 is 30.6 Å². The molecule has 2 aromatic rings. The predicted octanol–water partition coefficient (Wildman–Crippen LogP) is 2.07. The maximum atomic E-state index is 13.6. The van der Waals surface area contributed by atoms with Gasteiger partial charge in [-0.2, -0.15) is 0 Å². The minimum atomic E-state index is -1.15. The van der Waals surface area contributed by atoms with Crippen LogP contribution in [0.1, 0.15) is 44.7 Å². The number of hydrogen-bond acceptors (Lipinski definition) is 6. The Hall–Kier alpha value is -3.43. The number of carbonyl (C=O) groups excluding carboxylic acids is 3. The van der Waals surface area contributed by atoms with E-state index in [4.69, 9.17) is 4.74 Å². The number of likely N-dealkylation sites (N-methyl/N-ethyl adjacent to an activating group) is 1. The van der Waals surface area contributed by atoms with Crippen molar-refractivity contribution in [1.29, 1.82) is 0 Å². The molecule has 0 saturated carbocycles. The number of nitrogens with one attached hydrogen (secondary N) is 3. The standard InChI is InChI=1S/C31H44N4O5/c1-5-21(2)28-31(39)35(4)26(20-36)30(38)34-25(18-23-12-7-6-8-13-23)29(37)32-17-11-15-24-14-9-10-16-27(24)40-22(3)19-33-28/h6-10,12-14,16,21-22,25-26,28,33,36H,5,11,15,17-20H2,1-4H3,(H,32,37)(H,34,38)/t21?,22-,25-,26-,28+/m1/s1. The molecule has 0 spiro atoms. The largest absolute Gasteiger partial charge is 0.489 e. The molecule has 1 heterocycles. The number of nitrogens with zero attached hydrogens (tertiary/aromatic N) is 1. The van der Waals surface area contributed by atoms with Crippen LogP contribution in [0.3, 0.4) is 0 Å². The molecule has 218 valence electrons. The Morgan fingerprint density at radius 3 is 2.45 bits per heavy atom. The van der Waals surface area contributed by atoms with Crippen molar-refractivity contribution in [2.45, 2.75) is 70.7 Å². The summed E-state index contributed by atoms with van der Waals surface area (Å²) >= 11 is 0. The van der Waals surface area contributed by atoms with Crippen molar-refractivity contribution in [3.05, 3.63) is 65.7 Å². The number of fused-ring (bicyclic) bond motifs is 1. The molecule has 3 amide bonds. The normalized spacial score (nSPS) is 24.5. The van der Waals surface area contributed by atoms with E-state index in [1.165, 1.54) is 11.9 Å². The zero-order valence-corrected chi connectivity index (χ0v) is 24.1. The van der Waals surface area contributed by atoms with Gasteiger partial charge in [-0.1, -0.05) is 68.8 Å². The summed E-state index contributed by atoms with van der Waals surface area (Å²) in [4.78, 5) is 41.6. The average Bonchev–Trinajstić information content (AvgIpc) is 2.95. The summed E-state index contributed by atoms with van der Waals surface area (Å²) in [5, 5.41) is 19.3. The molecule has 9 nitrogen and oxygen atoms in total. The lowest BCUT2D eigenvalue weighted by molar-refractivity contribution is -0.143. The Morgan fingerprint density at radius 2 is 1.75 bits per heavy atom. The Balaban J connectivity index is 1.91. The highest BCUT2D eigenvalue weighted by molar-refractivity contribution is 5.93. The monoisotopic (exact) mass is 552 g/mol. The van der Waals surface area contributed by atoms with E-state index in [0.717, 1.165) is 23.3 Å². The van der Waals surface area contributed by atoms with E-state index in [9.17, 15) is 19.5 Å². The van der Waals surface area contributed by atoms with Crippen LogP contribution in [0.25, 0.3) is 0 Å². The van der Waals surface area contributed by atoms with E-state index in [-0.39, 0.29) is 30.3 Å². The van der Waals surface area contributed by atoms with Gasteiger partial charge in [0.25, 0.3) is 0 Å². The topological polar surface area (TPSA) is 120 Å². The summed E-state index contributed by atoms with van der Waals surface area (Å²) in [5.41, 5.74) is 1.93. The Kier molecular flexibility index (Phi) is 12.0. The summed E-state index contributed by atoms with van der Waals surface area (Å²) in [6.45, 7) is 6.20. The Bertz CT molecular complexity index is 1110. The molecule has 9 heteroatoms. The quantitative estimate of drug-likeness (QED) is 0.451. The molecule has 2 aromatic carbocycles. The van der Waals surface area contributed by atoms with Gasteiger partial charge in [0.15, 0.2) is 0 Å². The first kappa shape index (κ1) is 31.1. The summed E-state index contributed by atoms with van der Waals surface area (Å²) < 4.78 is 6.25. The van der Waals surface area contributed by atoms with Gasteiger partial charge in [-0.3, -0.25) is 14.4 Å². The molecular weight excluding hydrogens is 508 g/mol. The van der Waals surface area contributed by atoms with Crippen LogP contribution in [0.5, 0.6) is 5.75 Å². The van der Waals surface area contributed by atoms with Crippen molar-refractivity contribution < 1.29 is 24.2 Å². The number of aryl methyl sites for hydroxylation is 1. The van der Waals surface area contributed by atoms with E-state index in [1.807, 2.05) is 75.4 Å². The number of amides is 3. The van der Waals surface area contributed by atoms with Gasteiger partial charge in [-0.15, -0.1) is 0 Å². The third-order valence-electron chi connectivity index (χ3n) is 7.53. The average molecular weight is 553 g/mol. The summed E-state index contributed by atoms with van der Waals surface area (Å²) in [5.74, 6) is -0.451. The molecular formula is C31H44N4O5. The van der Waals surface area contributed by atoms with Crippen LogP contribution in [0.4, 0.5) is 0 Å². The fourth-order valence-corrected chi connectivity index (χ4v) is 4.84. The molecule has 40 heavy (non-hydrogen) atoms. The first-order valence-corrected chi connectivity index (χ1v) is 14.2. The molecule has 1 aliphatic heterocycles. The number of aliphatic hydroxyl groups excluding tert-OH is 1. The van der Waals surface area contributed by atoms with Crippen LogP contribution in [-0.2, 0) is 27.2 Å². The van der Waals surface area contributed by atoms with Gasteiger partial charge in [-0.25, -0.2) is 0 Å². The first-order chi connectivity index (χ1) is 19.2. The second-order valence-electron chi connectivity index (χ2n) is 10.6. The van der Waals surface area contributed by atoms with Crippen LogP contribution in [0, 0.1) is 5.92 Å². The molecule has 0 aliphatic carbocycles. The van der Waals surface area contributed by atoms with Gasteiger partial charge in [-0.05, 0) is 42.9 Å². The molecule has 0 aromatic heterocycles. The number of benzene rings is 2. The van der Waals surface area contributed by atoms with Gasteiger partial charge >= 0.3 is 0 Å². The molecule has 0 fully saturated rings. The molecule has 4 N–H and O–H groups in total. The van der Waals surface area contributed by atoms with E-state index in [2.05, 4.69) is 16.0 Å². The third-order valence-corrected chi connectivity index (χ3v) is 7.53. The van der Waals surface area contributed by atoms with Crippen LogP contribution in [0.15, 0.2) is 54.6 Å². The Morgan fingerprint density at radius 1 is 1.05 bits per heavy atom. The highest BCUT2D eigenvalue weighted by Gasteiger charge is 2.35. The van der Waals surface area contributed by atoms with E-state index >= 15 is 0 Å². The summed E-state index contributed by atoms with van der Waals surface area (Å²) in [6.07, 6.45) is 2.19. The fraction of sp³-hybridized carbons (Fsp3) is 0.516. The van der Waals surface area contributed by atoms with Crippen molar-refractivity contribution in [3.63, 3.8) is 0 Å². The third kappa shape index (κ3) is 8.53. The highest BCUT2D eigenvalue weighted by Crippen LogP contribution is 2.21. The lowest BCUT2D eigenvalue weighted by Gasteiger charge is -2.33. The van der Waals surface area contributed by atoms with Crippen molar-refractivity contribution in [1.82, 2.24) is 20.9 Å². The van der Waals surface area contributed by atoms with Crippen LogP contribution in [0.2, 0.25) is 0 Å². The number of aliphatic hydroxyl groups is 1. The van der Waals surface area contributed by atoms with E-state index in [1.54, 1.807) is 0 Å². The molecule has 0 bridgehead atoms. The zero-order valence-electron chi connectivity index (χ0n) is 24.1. The molecule has 0 radical (unpaired) electrons. The summed E-state index contributed by atoms with van der Waals surface area (Å²) in [6, 6.07) is 14.7. The lowest BCUT2D eigenvalue weighted by Crippen LogP contribution is -2.59. The van der Waals surface area contributed by atoms with Gasteiger partial charge in [0.1, 0.15) is 23.9 Å². The zero-order chi connectivity index (χ0) is 29.1. The number of para-hydroxylation sites is 1. The second kappa shape index (κ2) is 15.4. The maximum Gasteiger partial charge on any atom is 0.245 e. The predicted molar refractivity (Wildman–Crippen MR) is 155 cm³/mol. The second-order valence-corrected chi connectivity index (χ2v) is 10.6. The van der Waals surface area contributed by atoms with Gasteiger partial charge in [0.05, 0.1) is 12.6 Å². The van der Waals surface area contributed by atoms with Gasteiger partial charge in [0, 0.05) is 26.6 Å². The lowest BCUT2D eigenvalue weighted by atomic mass is 9.97. The van der Waals surface area contributed by atoms with Crippen LogP contribution >= 0.6 is 0 Å².